The quantitative estimate of drug-likeness (QED) is 0.491. The van der Waals surface area contributed by atoms with Crippen LogP contribution in [0.3, 0.4) is 0 Å². The molecule has 156 valence electrons. The van der Waals surface area contributed by atoms with E-state index in [-0.39, 0.29) is 12.3 Å². The standard InChI is InChI=1S/C21H19ClN2O6/c1-2-29-18-10-13(9-16-20(27)24(11-19(25)26)21(28)23-16)7-8-17(18)30-12-14-5-3-4-6-15(14)22/h3-10H,2,11-12H2,1H3,(H,23,28)(H,25,26)/b16-9+. The second-order valence-electron chi connectivity index (χ2n) is 6.29. The molecule has 2 aromatic rings. The zero-order valence-corrected chi connectivity index (χ0v) is 16.8. The molecule has 0 spiro atoms. The van der Waals surface area contributed by atoms with E-state index >= 15 is 0 Å². The van der Waals surface area contributed by atoms with Gasteiger partial charge in [0.05, 0.1) is 6.61 Å². The summed E-state index contributed by atoms with van der Waals surface area (Å²) in [5.41, 5.74) is 1.38. The fourth-order valence-electron chi connectivity index (χ4n) is 2.79. The van der Waals surface area contributed by atoms with Crippen LogP contribution < -0.4 is 14.8 Å². The van der Waals surface area contributed by atoms with Gasteiger partial charge in [-0.2, -0.15) is 0 Å². The number of halogens is 1. The minimum atomic E-state index is -1.28. The number of carbonyl (C=O) groups excluding carboxylic acids is 2. The fraction of sp³-hybridized carbons (Fsp3) is 0.190. The van der Waals surface area contributed by atoms with Crippen molar-refractivity contribution in [2.45, 2.75) is 13.5 Å². The van der Waals surface area contributed by atoms with Gasteiger partial charge >= 0.3 is 12.0 Å². The van der Waals surface area contributed by atoms with Gasteiger partial charge in [0.2, 0.25) is 0 Å². The first-order valence-corrected chi connectivity index (χ1v) is 9.46. The van der Waals surface area contributed by atoms with Crippen LogP contribution in [0.25, 0.3) is 6.08 Å². The first-order valence-electron chi connectivity index (χ1n) is 9.08. The number of hydrogen-bond donors (Lipinski definition) is 2. The van der Waals surface area contributed by atoms with E-state index < -0.39 is 24.5 Å². The number of benzene rings is 2. The molecule has 0 radical (unpaired) electrons. The number of urea groups is 1. The molecule has 9 heteroatoms. The summed E-state index contributed by atoms with van der Waals surface area (Å²) in [6, 6.07) is 11.6. The van der Waals surface area contributed by atoms with Crippen LogP contribution in [0.15, 0.2) is 48.2 Å². The number of carboxylic acid groups (broad SMARTS) is 1. The number of hydrogen-bond acceptors (Lipinski definition) is 5. The van der Waals surface area contributed by atoms with E-state index in [1.165, 1.54) is 6.08 Å². The van der Waals surface area contributed by atoms with Crippen molar-refractivity contribution in [3.8, 4) is 11.5 Å². The summed E-state index contributed by atoms with van der Waals surface area (Å²) in [4.78, 5) is 35.5. The van der Waals surface area contributed by atoms with Crippen molar-refractivity contribution in [2.24, 2.45) is 0 Å². The van der Waals surface area contributed by atoms with Crippen LogP contribution in [0, 0.1) is 0 Å². The SMILES string of the molecule is CCOc1cc(/C=C2/NC(=O)N(CC(=O)O)C2=O)ccc1OCc1ccccc1Cl. The lowest BCUT2D eigenvalue weighted by Gasteiger charge is -2.13. The molecule has 0 aromatic heterocycles. The molecule has 0 aliphatic carbocycles. The predicted molar refractivity (Wildman–Crippen MR) is 109 cm³/mol. The Morgan fingerprint density at radius 3 is 2.63 bits per heavy atom. The molecular weight excluding hydrogens is 412 g/mol. The average molecular weight is 431 g/mol. The second kappa shape index (κ2) is 9.32. The van der Waals surface area contributed by atoms with Crippen LogP contribution in [0.2, 0.25) is 5.02 Å². The molecule has 8 nitrogen and oxygen atoms in total. The molecule has 2 N–H and O–H groups in total. The maximum absolute atomic E-state index is 12.3. The summed E-state index contributed by atoms with van der Waals surface area (Å²) in [6.07, 6.45) is 1.45. The van der Waals surface area contributed by atoms with Gasteiger partial charge < -0.3 is 19.9 Å². The molecule has 1 heterocycles. The number of amides is 3. The summed E-state index contributed by atoms with van der Waals surface area (Å²) < 4.78 is 11.5. The Morgan fingerprint density at radius 2 is 1.93 bits per heavy atom. The molecular formula is C21H19ClN2O6. The van der Waals surface area contributed by atoms with Crippen molar-refractivity contribution >= 4 is 35.6 Å². The molecule has 0 unspecified atom stereocenters. The van der Waals surface area contributed by atoms with E-state index in [9.17, 15) is 14.4 Å². The van der Waals surface area contributed by atoms with Crippen molar-refractivity contribution in [3.63, 3.8) is 0 Å². The molecule has 1 saturated heterocycles. The second-order valence-corrected chi connectivity index (χ2v) is 6.70. The van der Waals surface area contributed by atoms with E-state index in [0.29, 0.717) is 33.6 Å². The molecule has 1 fully saturated rings. The normalized spacial score (nSPS) is 14.7. The first-order chi connectivity index (χ1) is 14.4. The first kappa shape index (κ1) is 21.2. The van der Waals surface area contributed by atoms with Crippen molar-refractivity contribution < 1.29 is 29.0 Å². The Balaban J connectivity index is 1.80. The molecule has 3 amide bonds. The highest BCUT2D eigenvalue weighted by molar-refractivity contribution is 6.31. The number of carboxylic acids is 1. The minimum absolute atomic E-state index is 0.0200. The highest BCUT2D eigenvalue weighted by Crippen LogP contribution is 2.31. The smallest absolute Gasteiger partial charge is 0.329 e. The van der Waals surface area contributed by atoms with Crippen LogP contribution in [0.4, 0.5) is 4.79 Å². The molecule has 0 atom stereocenters. The third-order valence-corrected chi connectivity index (χ3v) is 4.54. The van der Waals surface area contributed by atoms with Crippen LogP contribution in [-0.4, -0.2) is 41.1 Å². The van der Waals surface area contributed by atoms with Crippen molar-refractivity contribution in [2.75, 3.05) is 13.2 Å². The summed E-state index contributed by atoms with van der Waals surface area (Å²) >= 11 is 6.15. The van der Waals surface area contributed by atoms with Gasteiger partial charge in [-0.1, -0.05) is 35.9 Å². The number of rotatable bonds is 8. The third-order valence-electron chi connectivity index (χ3n) is 4.18. The number of aliphatic carboxylic acids is 1. The summed E-state index contributed by atoms with van der Waals surface area (Å²) in [5, 5.41) is 11.8. The predicted octanol–water partition coefficient (Wildman–Crippen LogP) is 3.30. The monoisotopic (exact) mass is 430 g/mol. The highest BCUT2D eigenvalue weighted by atomic mass is 35.5. The lowest BCUT2D eigenvalue weighted by atomic mass is 10.1. The zero-order chi connectivity index (χ0) is 21.7. The van der Waals surface area contributed by atoms with Gasteiger partial charge in [-0.15, -0.1) is 0 Å². The minimum Gasteiger partial charge on any atom is -0.490 e. The lowest BCUT2D eigenvalue weighted by Crippen LogP contribution is -2.35. The highest BCUT2D eigenvalue weighted by Gasteiger charge is 2.34. The van der Waals surface area contributed by atoms with Crippen molar-refractivity contribution in [1.82, 2.24) is 10.2 Å². The van der Waals surface area contributed by atoms with E-state index in [2.05, 4.69) is 5.32 Å². The number of nitrogens with zero attached hydrogens (tertiary/aromatic N) is 1. The van der Waals surface area contributed by atoms with Gasteiger partial charge in [0, 0.05) is 10.6 Å². The number of carbonyl (C=O) groups is 3. The van der Waals surface area contributed by atoms with E-state index in [4.69, 9.17) is 26.2 Å². The van der Waals surface area contributed by atoms with Crippen LogP contribution >= 0.6 is 11.6 Å². The number of ether oxygens (including phenoxy) is 2. The molecule has 1 aliphatic heterocycles. The van der Waals surface area contributed by atoms with Gasteiger partial charge in [-0.25, -0.2) is 9.69 Å². The Kier molecular flexibility index (Phi) is 6.58. The van der Waals surface area contributed by atoms with Crippen molar-refractivity contribution in [3.05, 3.63) is 64.3 Å². The summed E-state index contributed by atoms with van der Waals surface area (Å²) in [6.45, 7) is 1.76. The van der Waals surface area contributed by atoms with E-state index in [1.54, 1.807) is 24.3 Å². The van der Waals surface area contributed by atoms with Gasteiger partial charge in [-0.3, -0.25) is 9.59 Å². The van der Waals surface area contributed by atoms with Crippen molar-refractivity contribution in [1.29, 1.82) is 0 Å². The Labute approximate surface area is 177 Å². The Hall–Kier alpha value is -3.52. The van der Waals surface area contributed by atoms with Crippen LogP contribution in [0.1, 0.15) is 18.1 Å². The maximum Gasteiger partial charge on any atom is 0.329 e. The summed E-state index contributed by atoms with van der Waals surface area (Å²) in [7, 11) is 0. The maximum atomic E-state index is 12.3. The largest absolute Gasteiger partial charge is 0.490 e. The van der Waals surface area contributed by atoms with Gasteiger partial charge in [-0.05, 0) is 36.8 Å². The number of imide groups is 1. The van der Waals surface area contributed by atoms with E-state index in [0.717, 1.165) is 5.56 Å². The van der Waals surface area contributed by atoms with Gasteiger partial charge in [0.1, 0.15) is 18.8 Å². The summed E-state index contributed by atoms with van der Waals surface area (Å²) in [5.74, 6) is -1.04. The van der Waals surface area contributed by atoms with E-state index in [1.807, 2.05) is 25.1 Å². The molecule has 2 aromatic carbocycles. The number of nitrogens with one attached hydrogen (secondary N) is 1. The molecule has 0 saturated carbocycles. The fourth-order valence-corrected chi connectivity index (χ4v) is 2.98. The van der Waals surface area contributed by atoms with Gasteiger partial charge in [0.25, 0.3) is 5.91 Å². The molecule has 3 rings (SSSR count). The average Bonchev–Trinajstić information content (AvgIpc) is 2.96. The topological polar surface area (TPSA) is 105 Å². The Bertz CT molecular complexity index is 1020. The Morgan fingerprint density at radius 1 is 1.17 bits per heavy atom. The zero-order valence-electron chi connectivity index (χ0n) is 16.1. The molecule has 1 aliphatic rings. The van der Waals surface area contributed by atoms with Crippen LogP contribution in [0.5, 0.6) is 11.5 Å². The lowest BCUT2D eigenvalue weighted by molar-refractivity contribution is -0.140. The van der Waals surface area contributed by atoms with Crippen LogP contribution in [-0.2, 0) is 16.2 Å². The van der Waals surface area contributed by atoms with Gasteiger partial charge in [0.15, 0.2) is 11.5 Å². The molecule has 30 heavy (non-hydrogen) atoms. The third kappa shape index (κ3) is 4.90. The molecule has 0 bridgehead atoms.